The van der Waals surface area contributed by atoms with Crippen molar-refractivity contribution in [2.45, 2.75) is 38.3 Å². The Morgan fingerprint density at radius 1 is 1.36 bits per heavy atom. The van der Waals surface area contributed by atoms with Gasteiger partial charge in [0.15, 0.2) is 6.10 Å². The van der Waals surface area contributed by atoms with Crippen LogP contribution in [0.15, 0.2) is 24.3 Å². The van der Waals surface area contributed by atoms with Gasteiger partial charge < -0.3 is 20.1 Å². The zero-order valence-corrected chi connectivity index (χ0v) is 13.4. The Bertz CT molecular complexity index is 668. The molecule has 2 amide bonds. The van der Waals surface area contributed by atoms with E-state index in [1.807, 2.05) is 5.32 Å². The molecule has 0 saturated heterocycles. The number of amides is 2. The number of rotatable bonds is 7. The minimum atomic E-state index is -2.85. The second-order valence-corrected chi connectivity index (χ2v) is 5.55. The van der Waals surface area contributed by atoms with Crippen molar-refractivity contribution in [1.82, 2.24) is 5.32 Å². The Hall–Kier alpha value is -2.71. The molecule has 1 aromatic carbocycles. The van der Waals surface area contributed by atoms with Crippen LogP contribution in [0.2, 0.25) is 0 Å². The van der Waals surface area contributed by atoms with E-state index < -0.39 is 36.9 Å². The molecule has 2 rings (SSSR count). The number of nitrogens with one attached hydrogen (secondary N) is 1. The molecule has 0 aromatic heterocycles. The smallest absolute Gasteiger partial charge is 0.326 e. The van der Waals surface area contributed by atoms with Crippen LogP contribution in [-0.4, -0.2) is 48.0 Å². The number of carboxylic acids is 1. The van der Waals surface area contributed by atoms with Gasteiger partial charge in [-0.1, -0.05) is 12.1 Å². The summed E-state index contributed by atoms with van der Waals surface area (Å²) in [4.78, 5) is 36.4. The van der Waals surface area contributed by atoms with Crippen LogP contribution in [0.4, 0.5) is 14.5 Å². The highest BCUT2D eigenvalue weighted by molar-refractivity contribution is 6.00. The number of carbonyl (C=O) groups excluding carboxylic acids is 2. The molecule has 0 radical (unpaired) electrons. The second kappa shape index (κ2) is 7.91. The Morgan fingerprint density at radius 3 is 2.68 bits per heavy atom. The number of carbonyl (C=O) groups is 3. The van der Waals surface area contributed by atoms with Gasteiger partial charge in [-0.2, -0.15) is 0 Å². The van der Waals surface area contributed by atoms with Gasteiger partial charge in [-0.15, -0.1) is 0 Å². The van der Waals surface area contributed by atoms with Crippen LogP contribution < -0.4 is 15.0 Å². The predicted octanol–water partition coefficient (Wildman–Crippen LogP) is 1.42. The number of fused-ring (bicyclic) bond motifs is 1. The monoisotopic (exact) mass is 356 g/mol. The van der Waals surface area contributed by atoms with Crippen LogP contribution >= 0.6 is 0 Å². The molecule has 2 unspecified atom stereocenters. The van der Waals surface area contributed by atoms with Crippen LogP contribution in [0.1, 0.15) is 19.8 Å². The molecule has 1 aliphatic heterocycles. The van der Waals surface area contributed by atoms with Crippen molar-refractivity contribution in [3.63, 3.8) is 0 Å². The second-order valence-electron chi connectivity index (χ2n) is 5.55. The molecule has 1 aliphatic rings. The summed E-state index contributed by atoms with van der Waals surface area (Å²) in [5.74, 6) is -2.10. The lowest BCUT2D eigenvalue weighted by molar-refractivity contribution is -0.143. The van der Waals surface area contributed by atoms with E-state index in [0.717, 1.165) is 0 Å². The third-order valence-electron chi connectivity index (χ3n) is 3.68. The molecule has 0 fully saturated rings. The zero-order chi connectivity index (χ0) is 18.6. The third kappa shape index (κ3) is 4.65. The van der Waals surface area contributed by atoms with Crippen molar-refractivity contribution in [1.29, 1.82) is 0 Å². The first-order chi connectivity index (χ1) is 11.8. The van der Waals surface area contributed by atoms with Gasteiger partial charge in [0.1, 0.15) is 11.8 Å². The summed E-state index contributed by atoms with van der Waals surface area (Å²) in [6.45, 7) is 1.56. The van der Waals surface area contributed by atoms with E-state index in [1.54, 1.807) is 31.2 Å². The average molecular weight is 356 g/mol. The quantitative estimate of drug-likeness (QED) is 0.770. The number of benzene rings is 1. The molecule has 1 heterocycles. The number of nitrogens with zero attached hydrogens (tertiary/aromatic N) is 1. The van der Waals surface area contributed by atoms with Crippen LogP contribution in [0, 0.1) is 0 Å². The molecule has 136 valence electrons. The Kier molecular flexibility index (Phi) is 5.89. The van der Waals surface area contributed by atoms with Crippen molar-refractivity contribution < 1.29 is 33.0 Å². The first kappa shape index (κ1) is 18.6. The summed E-state index contributed by atoms with van der Waals surface area (Å²) < 4.78 is 30.2. The van der Waals surface area contributed by atoms with E-state index in [2.05, 4.69) is 0 Å². The van der Waals surface area contributed by atoms with E-state index in [-0.39, 0.29) is 18.9 Å². The number of para-hydroxylation sites is 2. The van der Waals surface area contributed by atoms with E-state index in [4.69, 9.17) is 9.84 Å². The number of anilines is 1. The first-order valence-corrected chi connectivity index (χ1v) is 7.67. The van der Waals surface area contributed by atoms with Crippen LogP contribution in [0.25, 0.3) is 0 Å². The van der Waals surface area contributed by atoms with Crippen molar-refractivity contribution in [2.75, 3.05) is 11.4 Å². The van der Waals surface area contributed by atoms with Crippen LogP contribution in [-0.2, 0) is 14.4 Å². The zero-order valence-electron chi connectivity index (χ0n) is 13.4. The summed E-state index contributed by atoms with van der Waals surface area (Å²) in [7, 11) is 0. The molecule has 0 aliphatic carbocycles. The highest BCUT2D eigenvalue weighted by Crippen LogP contribution is 2.33. The van der Waals surface area contributed by atoms with Gasteiger partial charge >= 0.3 is 5.97 Å². The molecule has 9 heteroatoms. The molecule has 2 atom stereocenters. The Balaban J connectivity index is 2.01. The van der Waals surface area contributed by atoms with Crippen molar-refractivity contribution in [3.8, 4) is 5.75 Å². The number of carboxylic acid groups (broad SMARTS) is 1. The minimum Gasteiger partial charge on any atom is -0.480 e. The van der Waals surface area contributed by atoms with Gasteiger partial charge in [0.25, 0.3) is 5.91 Å². The van der Waals surface area contributed by atoms with Gasteiger partial charge in [0.2, 0.25) is 12.3 Å². The third-order valence-corrected chi connectivity index (χ3v) is 3.68. The molecule has 7 nitrogen and oxygen atoms in total. The van der Waals surface area contributed by atoms with Crippen molar-refractivity contribution >= 4 is 23.5 Å². The maximum Gasteiger partial charge on any atom is 0.326 e. The molecule has 0 saturated carbocycles. The molecule has 25 heavy (non-hydrogen) atoms. The lowest BCUT2D eigenvalue weighted by Gasteiger charge is -2.32. The highest BCUT2D eigenvalue weighted by Gasteiger charge is 2.31. The fourth-order valence-electron chi connectivity index (χ4n) is 2.47. The lowest BCUT2D eigenvalue weighted by atomic mass is 10.1. The van der Waals surface area contributed by atoms with Crippen LogP contribution in [0.5, 0.6) is 5.75 Å². The Labute approximate surface area is 142 Å². The number of hydrogen-bond acceptors (Lipinski definition) is 4. The van der Waals surface area contributed by atoms with Gasteiger partial charge in [-0.25, -0.2) is 13.6 Å². The normalized spacial score (nSPS) is 17.7. The highest BCUT2D eigenvalue weighted by atomic mass is 19.3. The van der Waals surface area contributed by atoms with E-state index in [1.165, 1.54) is 4.90 Å². The first-order valence-electron chi connectivity index (χ1n) is 7.67. The summed E-state index contributed by atoms with van der Waals surface area (Å²) in [5, 5.41) is 10.9. The summed E-state index contributed by atoms with van der Waals surface area (Å²) >= 11 is 0. The maximum atomic E-state index is 12.4. The minimum absolute atomic E-state index is 0.0175. The molecule has 0 spiro atoms. The van der Waals surface area contributed by atoms with Gasteiger partial charge in [-0.05, 0) is 19.1 Å². The standard InChI is InChI=1S/C16H18F2N2O5/c1-9-15(22)20(11-4-2-3-5-12(11)25-9)7-6-14(21)19-10(16(23)24)8-13(17)18/h2-5,9-10,13H,6-8H2,1H3,(H,19,21)(H,23,24). The van der Waals surface area contributed by atoms with E-state index in [0.29, 0.717) is 11.4 Å². The topological polar surface area (TPSA) is 95.9 Å². The van der Waals surface area contributed by atoms with Gasteiger partial charge in [0, 0.05) is 19.4 Å². The lowest BCUT2D eigenvalue weighted by Crippen LogP contribution is -2.47. The fourth-order valence-corrected chi connectivity index (χ4v) is 2.47. The number of halogens is 2. The summed E-state index contributed by atoms with van der Waals surface area (Å²) in [6, 6.07) is 5.14. The summed E-state index contributed by atoms with van der Waals surface area (Å²) in [6.07, 6.45) is -4.77. The molecule has 2 N–H and O–H groups in total. The SMILES string of the molecule is CC1Oc2ccccc2N(CCC(=O)NC(CC(F)F)C(=O)O)C1=O. The van der Waals surface area contributed by atoms with Crippen molar-refractivity contribution in [2.24, 2.45) is 0 Å². The van der Waals surface area contributed by atoms with Gasteiger partial charge in [0.05, 0.1) is 5.69 Å². The largest absolute Gasteiger partial charge is 0.480 e. The van der Waals surface area contributed by atoms with E-state index >= 15 is 0 Å². The van der Waals surface area contributed by atoms with Gasteiger partial charge in [-0.3, -0.25) is 9.59 Å². The fraction of sp³-hybridized carbons (Fsp3) is 0.438. The molecular formula is C16H18F2N2O5. The molecule has 1 aromatic rings. The number of ether oxygens (including phenoxy) is 1. The van der Waals surface area contributed by atoms with E-state index in [9.17, 15) is 23.2 Å². The molecular weight excluding hydrogens is 338 g/mol. The van der Waals surface area contributed by atoms with Crippen LogP contribution in [0.3, 0.4) is 0 Å². The average Bonchev–Trinajstić information content (AvgIpc) is 2.54. The molecule has 0 bridgehead atoms. The summed E-state index contributed by atoms with van der Waals surface area (Å²) in [5.41, 5.74) is 0.501. The Morgan fingerprint density at radius 2 is 2.04 bits per heavy atom. The van der Waals surface area contributed by atoms with Crippen molar-refractivity contribution in [3.05, 3.63) is 24.3 Å². The number of alkyl halides is 2. The predicted molar refractivity (Wildman–Crippen MR) is 83.7 cm³/mol. The number of hydrogen-bond donors (Lipinski definition) is 2. The number of aliphatic carboxylic acids is 1. The maximum absolute atomic E-state index is 12.4.